The van der Waals surface area contributed by atoms with Gasteiger partial charge in [-0.3, -0.25) is 0 Å². The average Bonchev–Trinajstić information content (AvgIpc) is 2.30. The van der Waals surface area contributed by atoms with E-state index < -0.39 is 24.0 Å². The Balaban J connectivity index is 2.66. The lowest BCUT2D eigenvalue weighted by Gasteiger charge is -2.19. The van der Waals surface area contributed by atoms with Gasteiger partial charge in [-0.2, -0.15) is 0 Å². The highest BCUT2D eigenvalue weighted by atomic mass is 19.1. The van der Waals surface area contributed by atoms with Crippen LogP contribution in [0.2, 0.25) is 0 Å². The molecule has 5 heteroatoms. The molecule has 0 aliphatic heterocycles. The molecular weight excluding hydrogens is 228 g/mol. The Morgan fingerprint density at radius 1 is 1.18 bits per heavy atom. The van der Waals surface area contributed by atoms with Crippen molar-refractivity contribution in [3.63, 3.8) is 0 Å². The third-order valence-corrected chi connectivity index (χ3v) is 2.55. The third kappa shape index (κ3) is 3.73. The molecule has 1 atom stereocenters. The van der Waals surface area contributed by atoms with Gasteiger partial charge in [0.15, 0.2) is 6.29 Å². The molecule has 0 saturated carbocycles. The predicted molar refractivity (Wildman–Crippen MR) is 60.6 cm³/mol. The van der Waals surface area contributed by atoms with Gasteiger partial charge in [-0.25, -0.2) is 8.78 Å². The Labute approximate surface area is 99.7 Å². The molecular formula is C12H17F2NO2. The topological polar surface area (TPSA) is 30.5 Å². The van der Waals surface area contributed by atoms with Gasteiger partial charge in [0.05, 0.1) is 0 Å². The first-order valence-corrected chi connectivity index (χ1v) is 5.33. The van der Waals surface area contributed by atoms with Crippen molar-refractivity contribution in [1.29, 1.82) is 0 Å². The maximum atomic E-state index is 13.4. The number of ether oxygens (including phenoxy) is 2. The fourth-order valence-electron chi connectivity index (χ4n) is 1.56. The molecule has 0 aliphatic rings. The van der Waals surface area contributed by atoms with Gasteiger partial charge in [0.25, 0.3) is 0 Å². The lowest BCUT2D eigenvalue weighted by molar-refractivity contribution is -0.0998. The summed E-state index contributed by atoms with van der Waals surface area (Å²) >= 11 is 0. The van der Waals surface area contributed by atoms with Crippen LogP contribution in [0, 0.1) is 11.6 Å². The smallest absolute Gasteiger partial charge is 0.169 e. The van der Waals surface area contributed by atoms with E-state index in [0.717, 1.165) is 0 Å². The Bertz CT molecular complexity index is 336. The molecule has 0 spiro atoms. The van der Waals surface area contributed by atoms with Crippen molar-refractivity contribution in [2.24, 2.45) is 0 Å². The van der Waals surface area contributed by atoms with Gasteiger partial charge < -0.3 is 14.8 Å². The van der Waals surface area contributed by atoms with Gasteiger partial charge >= 0.3 is 0 Å². The van der Waals surface area contributed by atoms with Crippen LogP contribution in [0.3, 0.4) is 0 Å². The summed E-state index contributed by atoms with van der Waals surface area (Å²) in [4.78, 5) is 0. The number of rotatable bonds is 6. The van der Waals surface area contributed by atoms with E-state index in [9.17, 15) is 8.78 Å². The zero-order valence-corrected chi connectivity index (χ0v) is 10.2. The van der Waals surface area contributed by atoms with E-state index in [0.29, 0.717) is 6.54 Å². The van der Waals surface area contributed by atoms with E-state index in [-0.39, 0.29) is 5.56 Å². The molecule has 0 fully saturated rings. The van der Waals surface area contributed by atoms with Gasteiger partial charge in [-0.1, -0.05) is 6.07 Å². The minimum Gasteiger partial charge on any atom is -0.355 e. The number of hydrogen-bond acceptors (Lipinski definition) is 3. The molecule has 0 amide bonds. The van der Waals surface area contributed by atoms with Gasteiger partial charge in [-0.15, -0.1) is 0 Å². The van der Waals surface area contributed by atoms with Crippen molar-refractivity contribution >= 4 is 0 Å². The van der Waals surface area contributed by atoms with Crippen LogP contribution < -0.4 is 5.32 Å². The van der Waals surface area contributed by atoms with Crippen LogP contribution in [-0.4, -0.2) is 27.1 Å². The summed E-state index contributed by atoms with van der Waals surface area (Å²) in [6.45, 7) is 2.03. The van der Waals surface area contributed by atoms with E-state index in [1.807, 2.05) is 0 Å². The fraction of sp³-hybridized carbons (Fsp3) is 0.500. The van der Waals surface area contributed by atoms with Crippen molar-refractivity contribution < 1.29 is 18.3 Å². The lowest BCUT2D eigenvalue weighted by atomic mass is 10.1. The molecule has 1 unspecified atom stereocenters. The first-order chi connectivity index (χ1) is 8.10. The van der Waals surface area contributed by atoms with Gasteiger partial charge in [0.1, 0.15) is 11.6 Å². The maximum absolute atomic E-state index is 13.4. The minimum absolute atomic E-state index is 0.0263. The molecule has 0 bridgehead atoms. The first kappa shape index (κ1) is 14.0. The number of hydrogen-bond donors (Lipinski definition) is 1. The Morgan fingerprint density at radius 2 is 1.71 bits per heavy atom. The van der Waals surface area contributed by atoms with Crippen molar-refractivity contribution in [3.05, 3.63) is 35.4 Å². The summed E-state index contributed by atoms with van der Waals surface area (Å²) in [6, 6.07) is 3.36. The average molecular weight is 245 g/mol. The van der Waals surface area contributed by atoms with Gasteiger partial charge in [-0.05, 0) is 19.1 Å². The molecule has 1 aromatic carbocycles. The summed E-state index contributed by atoms with van der Waals surface area (Å²) in [5.74, 6) is -1.12. The molecule has 0 radical (unpaired) electrons. The molecule has 0 heterocycles. The maximum Gasteiger partial charge on any atom is 0.169 e. The molecule has 96 valence electrons. The van der Waals surface area contributed by atoms with Crippen LogP contribution >= 0.6 is 0 Å². The molecule has 17 heavy (non-hydrogen) atoms. The van der Waals surface area contributed by atoms with Gasteiger partial charge in [0, 0.05) is 32.4 Å². The van der Waals surface area contributed by atoms with Crippen molar-refractivity contribution in [2.45, 2.75) is 19.3 Å². The number of benzene rings is 1. The molecule has 1 N–H and O–H groups in total. The van der Waals surface area contributed by atoms with E-state index >= 15 is 0 Å². The normalized spacial score (nSPS) is 13.1. The Kier molecular flexibility index (Phi) is 5.47. The van der Waals surface area contributed by atoms with E-state index in [1.54, 1.807) is 6.92 Å². The first-order valence-electron chi connectivity index (χ1n) is 5.33. The highest BCUT2D eigenvalue weighted by molar-refractivity contribution is 5.22. The molecule has 1 rings (SSSR count). The van der Waals surface area contributed by atoms with E-state index in [4.69, 9.17) is 9.47 Å². The Morgan fingerprint density at radius 3 is 2.18 bits per heavy atom. The molecule has 1 aromatic rings. The van der Waals surface area contributed by atoms with Crippen molar-refractivity contribution in [1.82, 2.24) is 5.32 Å². The van der Waals surface area contributed by atoms with Crippen LogP contribution in [0.1, 0.15) is 18.5 Å². The number of methoxy groups -OCH3 is 2. The largest absolute Gasteiger partial charge is 0.355 e. The zero-order chi connectivity index (χ0) is 12.8. The van der Waals surface area contributed by atoms with Crippen LogP contribution in [0.25, 0.3) is 0 Å². The molecule has 0 aromatic heterocycles. The van der Waals surface area contributed by atoms with Crippen LogP contribution in [0.5, 0.6) is 0 Å². The van der Waals surface area contributed by atoms with Crippen LogP contribution in [-0.2, 0) is 9.47 Å². The second kappa shape index (κ2) is 6.64. The highest BCUT2D eigenvalue weighted by Crippen LogP contribution is 2.20. The minimum atomic E-state index is -0.559. The third-order valence-electron chi connectivity index (χ3n) is 2.55. The van der Waals surface area contributed by atoms with Crippen LogP contribution in [0.4, 0.5) is 8.78 Å². The molecule has 0 aliphatic carbocycles. The van der Waals surface area contributed by atoms with E-state index in [1.165, 1.54) is 32.4 Å². The predicted octanol–water partition coefficient (Wildman–Crippen LogP) is 2.23. The zero-order valence-electron chi connectivity index (χ0n) is 10.2. The summed E-state index contributed by atoms with van der Waals surface area (Å²) < 4.78 is 36.8. The number of nitrogens with one attached hydrogen (secondary N) is 1. The van der Waals surface area contributed by atoms with Crippen LogP contribution in [0.15, 0.2) is 18.2 Å². The fourth-order valence-corrected chi connectivity index (χ4v) is 1.56. The monoisotopic (exact) mass is 245 g/mol. The quantitative estimate of drug-likeness (QED) is 0.780. The Hall–Kier alpha value is -1.04. The lowest BCUT2D eigenvalue weighted by Crippen LogP contribution is -2.32. The molecule has 3 nitrogen and oxygen atoms in total. The molecule has 0 saturated heterocycles. The number of halogens is 2. The second-order valence-corrected chi connectivity index (χ2v) is 3.67. The van der Waals surface area contributed by atoms with Crippen molar-refractivity contribution in [2.75, 3.05) is 20.8 Å². The van der Waals surface area contributed by atoms with Crippen molar-refractivity contribution in [3.8, 4) is 0 Å². The second-order valence-electron chi connectivity index (χ2n) is 3.67. The summed E-state index contributed by atoms with van der Waals surface area (Å²) in [5.41, 5.74) is 0.0263. The summed E-state index contributed by atoms with van der Waals surface area (Å²) in [7, 11) is 3.01. The summed E-state index contributed by atoms with van der Waals surface area (Å²) in [6.07, 6.45) is -0.438. The van der Waals surface area contributed by atoms with E-state index in [2.05, 4.69) is 5.32 Å². The standard InChI is InChI=1S/C12H17F2NO2/c1-8(15-7-11(16-2)17-3)12-9(13)5-4-6-10(12)14/h4-6,8,11,15H,7H2,1-3H3. The van der Waals surface area contributed by atoms with Gasteiger partial charge in [0.2, 0.25) is 0 Å². The SMILES string of the molecule is COC(CNC(C)c1c(F)cccc1F)OC. The highest BCUT2D eigenvalue weighted by Gasteiger charge is 2.16. The summed E-state index contributed by atoms with van der Waals surface area (Å²) in [5, 5.41) is 2.95.